The minimum Gasteiger partial charge on any atom is -0.455 e. The van der Waals surface area contributed by atoms with Crippen molar-refractivity contribution < 1.29 is 14.3 Å². The Hall–Kier alpha value is -1.84. The zero-order chi connectivity index (χ0) is 17.2. The molecule has 0 atom stereocenters. The van der Waals surface area contributed by atoms with Crippen molar-refractivity contribution in [2.45, 2.75) is 58.3 Å². The van der Waals surface area contributed by atoms with Gasteiger partial charge in [0.15, 0.2) is 6.61 Å². The van der Waals surface area contributed by atoms with Crippen LogP contribution in [0.1, 0.15) is 56.6 Å². The maximum absolute atomic E-state index is 12.1. The molecule has 1 aliphatic rings. The average molecular weight is 331 g/mol. The molecule has 0 aliphatic carbocycles. The van der Waals surface area contributed by atoms with Crippen LogP contribution in [-0.2, 0) is 27.2 Å². The summed E-state index contributed by atoms with van der Waals surface area (Å²) in [5.74, 6) is -0.403. The average Bonchev–Trinajstić information content (AvgIpc) is 2.88. The Morgan fingerprint density at radius 1 is 1.00 bits per heavy atom. The monoisotopic (exact) mass is 331 g/mol. The molecule has 1 aliphatic heterocycles. The fourth-order valence-electron chi connectivity index (χ4n) is 2.98. The van der Waals surface area contributed by atoms with Crippen molar-refractivity contribution in [3.63, 3.8) is 0 Å². The summed E-state index contributed by atoms with van der Waals surface area (Å²) in [7, 11) is 0. The van der Waals surface area contributed by atoms with Gasteiger partial charge in [0, 0.05) is 13.1 Å². The van der Waals surface area contributed by atoms with Crippen molar-refractivity contribution in [2.75, 3.05) is 19.7 Å². The van der Waals surface area contributed by atoms with Gasteiger partial charge in [-0.05, 0) is 36.8 Å². The molecule has 0 spiro atoms. The van der Waals surface area contributed by atoms with E-state index in [0.29, 0.717) is 0 Å². The number of benzene rings is 1. The molecule has 0 bridgehead atoms. The smallest absolute Gasteiger partial charge is 0.310 e. The van der Waals surface area contributed by atoms with Gasteiger partial charge in [-0.3, -0.25) is 9.59 Å². The largest absolute Gasteiger partial charge is 0.455 e. The molecule has 132 valence electrons. The number of carbonyl (C=O) groups excluding carboxylic acids is 2. The Kier molecular flexibility index (Phi) is 7.80. The lowest BCUT2D eigenvalue weighted by Gasteiger charge is -2.19. The molecule has 1 heterocycles. The number of hydrogen-bond donors (Lipinski definition) is 0. The van der Waals surface area contributed by atoms with Crippen molar-refractivity contribution in [3.05, 3.63) is 35.4 Å². The van der Waals surface area contributed by atoms with E-state index in [2.05, 4.69) is 19.1 Å². The second-order valence-corrected chi connectivity index (χ2v) is 6.55. The molecule has 4 heteroatoms. The maximum Gasteiger partial charge on any atom is 0.310 e. The lowest BCUT2D eigenvalue weighted by molar-refractivity contribution is -0.151. The van der Waals surface area contributed by atoms with Gasteiger partial charge in [-0.15, -0.1) is 0 Å². The third-order valence-corrected chi connectivity index (χ3v) is 4.51. The second-order valence-electron chi connectivity index (χ2n) is 6.55. The summed E-state index contributed by atoms with van der Waals surface area (Å²) in [5.41, 5.74) is 2.23. The predicted molar refractivity (Wildman–Crippen MR) is 94.8 cm³/mol. The molecule has 1 fully saturated rings. The highest BCUT2D eigenvalue weighted by Crippen LogP contribution is 2.11. The van der Waals surface area contributed by atoms with E-state index < -0.39 is 0 Å². The maximum atomic E-state index is 12.1. The highest BCUT2D eigenvalue weighted by molar-refractivity contribution is 5.81. The molecule has 0 unspecified atom stereocenters. The van der Waals surface area contributed by atoms with Crippen LogP contribution in [-0.4, -0.2) is 36.5 Å². The molecule has 0 N–H and O–H groups in total. The minimum atomic E-state index is -0.334. The number of esters is 1. The summed E-state index contributed by atoms with van der Waals surface area (Å²) in [6, 6.07) is 8.09. The van der Waals surface area contributed by atoms with Crippen molar-refractivity contribution in [2.24, 2.45) is 0 Å². The van der Waals surface area contributed by atoms with Crippen LogP contribution < -0.4 is 0 Å². The Bertz CT molecular complexity index is 516. The Morgan fingerprint density at radius 2 is 1.62 bits per heavy atom. The Balaban J connectivity index is 1.73. The lowest BCUT2D eigenvalue weighted by Crippen LogP contribution is -2.35. The fraction of sp³-hybridized carbons (Fsp3) is 0.600. The number of ether oxygens (including phenoxy) is 1. The summed E-state index contributed by atoms with van der Waals surface area (Å²) < 4.78 is 5.17. The molecule has 2 rings (SSSR count). The molecule has 1 amide bonds. The third-order valence-electron chi connectivity index (χ3n) is 4.51. The van der Waals surface area contributed by atoms with Crippen molar-refractivity contribution in [1.82, 2.24) is 4.90 Å². The molecule has 1 saturated heterocycles. The van der Waals surface area contributed by atoms with Crippen molar-refractivity contribution in [1.29, 1.82) is 0 Å². The number of rotatable bonds is 7. The number of amides is 1. The minimum absolute atomic E-state index is 0.0693. The van der Waals surface area contributed by atoms with Crippen molar-refractivity contribution in [3.8, 4) is 0 Å². The van der Waals surface area contributed by atoms with E-state index in [1.165, 1.54) is 31.2 Å². The van der Waals surface area contributed by atoms with Gasteiger partial charge in [0.25, 0.3) is 5.91 Å². The quantitative estimate of drug-likeness (QED) is 0.718. The van der Waals surface area contributed by atoms with E-state index in [1.807, 2.05) is 17.0 Å². The zero-order valence-electron chi connectivity index (χ0n) is 14.8. The summed E-state index contributed by atoms with van der Waals surface area (Å²) in [6.07, 6.45) is 8.11. The molecule has 24 heavy (non-hydrogen) atoms. The fourth-order valence-corrected chi connectivity index (χ4v) is 2.98. The van der Waals surface area contributed by atoms with Gasteiger partial charge in [0.05, 0.1) is 6.42 Å². The molecular formula is C20H29NO3. The number of carbonyl (C=O) groups is 2. The van der Waals surface area contributed by atoms with Gasteiger partial charge in [0.2, 0.25) is 0 Å². The van der Waals surface area contributed by atoms with Crippen LogP contribution in [0.25, 0.3) is 0 Å². The van der Waals surface area contributed by atoms with E-state index in [-0.39, 0.29) is 24.9 Å². The molecular weight excluding hydrogens is 302 g/mol. The van der Waals surface area contributed by atoms with Crippen LogP contribution in [0.3, 0.4) is 0 Å². The molecule has 1 aromatic rings. The second kappa shape index (κ2) is 10.1. The van der Waals surface area contributed by atoms with Crippen LogP contribution in [0, 0.1) is 0 Å². The zero-order valence-corrected chi connectivity index (χ0v) is 14.8. The van der Waals surface area contributed by atoms with E-state index in [1.54, 1.807) is 0 Å². The Labute approximate surface area is 145 Å². The summed E-state index contributed by atoms with van der Waals surface area (Å²) in [6.45, 7) is 3.62. The normalized spacial score (nSPS) is 15.0. The van der Waals surface area contributed by atoms with E-state index in [0.717, 1.165) is 37.9 Å². The topological polar surface area (TPSA) is 46.6 Å². The predicted octanol–water partition coefficient (Wildman–Crippen LogP) is 3.52. The van der Waals surface area contributed by atoms with Gasteiger partial charge in [-0.2, -0.15) is 0 Å². The number of aryl methyl sites for hydroxylation is 1. The molecule has 1 aromatic carbocycles. The molecule has 0 radical (unpaired) electrons. The molecule has 0 saturated carbocycles. The number of likely N-dealkylation sites (tertiary alicyclic amines) is 1. The Morgan fingerprint density at radius 3 is 2.25 bits per heavy atom. The molecule has 4 nitrogen and oxygen atoms in total. The van der Waals surface area contributed by atoms with Crippen LogP contribution >= 0.6 is 0 Å². The van der Waals surface area contributed by atoms with Gasteiger partial charge in [-0.1, -0.05) is 50.5 Å². The van der Waals surface area contributed by atoms with Crippen LogP contribution in [0.15, 0.2) is 24.3 Å². The number of hydrogen-bond acceptors (Lipinski definition) is 3. The van der Waals surface area contributed by atoms with Gasteiger partial charge >= 0.3 is 5.97 Å². The van der Waals surface area contributed by atoms with Crippen molar-refractivity contribution >= 4 is 11.9 Å². The van der Waals surface area contributed by atoms with E-state index in [9.17, 15) is 9.59 Å². The highest BCUT2D eigenvalue weighted by atomic mass is 16.5. The van der Waals surface area contributed by atoms with Gasteiger partial charge in [0.1, 0.15) is 0 Å². The number of unbranched alkanes of at least 4 members (excludes halogenated alkanes) is 1. The summed E-state index contributed by atoms with van der Waals surface area (Å²) in [4.78, 5) is 25.9. The first-order valence-corrected chi connectivity index (χ1v) is 9.20. The standard InChI is InChI=1S/C20H29NO3/c1-2-3-8-17-9-11-18(12-10-17)15-20(23)24-16-19(22)21-13-6-4-5-7-14-21/h9-12H,2-8,13-16H2,1H3. The number of nitrogens with zero attached hydrogens (tertiary/aromatic N) is 1. The van der Waals surface area contributed by atoms with Crippen LogP contribution in [0.4, 0.5) is 0 Å². The first-order valence-electron chi connectivity index (χ1n) is 9.20. The van der Waals surface area contributed by atoms with Gasteiger partial charge in [-0.25, -0.2) is 0 Å². The summed E-state index contributed by atoms with van der Waals surface area (Å²) in [5, 5.41) is 0. The van der Waals surface area contributed by atoms with E-state index in [4.69, 9.17) is 4.74 Å². The van der Waals surface area contributed by atoms with E-state index >= 15 is 0 Å². The third kappa shape index (κ3) is 6.34. The molecule has 0 aromatic heterocycles. The van der Waals surface area contributed by atoms with Gasteiger partial charge < -0.3 is 9.64 Å². The lowest BCUT2D eigenvalue weighted by atomic mass is 10.1. The van der Waals surface area contributed by atoms with Crippen LogP contribution in [0.5, 0.6) is 0 Å². The SMILES string of the molecule is CCCCc1ccc(CC(=O)OCC(=O)N2CCCCCC2)cc1. The first kappa shape index (κ1) is 18.5. The summed E-state index contributed by atoms with van der Waals surface area (Å²) >= 11 is 0. The highest BCUT2D eigenvalue weighted by Gasteiger charge is 2.17. The van der Waals surface area contributed by atoms with Crippen LogP contribution in [0.2, 0.25) is 0 Å². The first-order chi connectivity index (χ1) is 11.7.